The van der Waals surface area contributed by atoms with E-state index < -0.39 is 7.14 Å². The van der Waals surface area contributed by atoms with Crippen LogP contribution in [0, 0.1) is 0 Å². The first-order chi connectivity index (χ1) is 18.2. The number of nitrogens with one attached hydrogen (secondary N) is 3. The maximum absolute atomic E-state index is 12.9. The van der Waals surface area contributed by atoms with E-state index >= 15 is 0 Å². The first-order valence-corrected chi connectivity index (χ1v) is 15.3. The number of anilines is 5. The second-order valence-corrected chi connectivity index (χ2v) is 13.3. The lowest BCUT2D eigenvalue weighted by Crippen LogP contribution is -2.42. The van der Waals surface area contributed by atoms with Crippen molar-refractivity contribution in [3.05, 3.63) is 48.7 Å². The number of ether oxygens (including phenoxy) is 1. The Bertz CT molecular complexity index is 1470. The Balaban J connectivity index is 1.42. The monoisotopic (exact) mass is 534 g/mol. The first-order valence-electron chi connectivity index (χ1n) is 12.7. The summed E-state index contributed by atoms with van der Waals surface area (Å²) in [6, 6.07) is 14.1. The van der Waals surface area contributed by atoms with E-state index in [0.29, 0.717) is 35.0 Å². The summed E-state index contributed by atoms with van der Waals surface area (Å²) in [4.78, 5) is 21.9. The van der Waals surface area contributed by atoms with E-state index in [0.717, 1.165) is 48.1 Å². The van der Waals surface area contributed by atoms with Crippen LogP contribution in [0.1, 0.15) is 12.8 Å². The molecule has 38 heavy (non-hydrogen) atoms. The number of methoxy groups -OCH3 is 1. The van der Waals surface area contributed by atoms with Crippen LogP contribution in [-0.4, -0.2) is 78.5 Å². The van der Waals surface area contributed by atoms with Crippen molar-refractivity contribution < 1.29 is 9.30 Å². The van der Waals surface area contributed by atoms with Gasteiger partial charge in [-0.25, -0.2) is 0 Å². The largest absolute Gasteiger partial charge is 0.479 e. The quantitative estimate of drug-likeness (QED) is 0.279. The lowest BCUT2D eigenvalue weighted by atomic mass is 10.0. The maximum atomic E-state index is 12.9. The number of pyridine rings is 1. The first kappa shape index (κ1) is 26.0. The molecule has 1 aliphatic rings. The summed E-state index contributed by atoms with van der Waals surface area (Å²) < 4.78 is 18.5. The van der Waals surface area contributed by atoms with Gasteiger partial charge in [0, 0.05) is 30.6 Å². The van der Waals surface area contributed by atoms with Crippen molar-refractivity contribution in [2.24, 2.45) is 0 Å². The van der Waals surface area contributed by atoms with Crippen molar-refractivity contribution in [1.29, 1.82) is 0 Å². The zero-order valence-corrected chi connectivity index (χ0v) is 23.4. The van der Waals surface area contributed by atoms with Crippen LogP contribution in [0.3, 0.4) is 0 Å². The fraction of sp³-hybridized carbons (Fsp3) is 0.370. The summed E-state index contributed by atoms with van der Waals surface area (Å²) in [5, 5.41) is 8.26. The molecule has 0 radical (unpaired) electrons. The lowest BCUT2D eigenvalue weighted by Gasteiger charge is -2.36. The molecule has 4 heterocycles. The average Bonchev–Trinajstić information content (AvgIpc) is 3.38. The van der Waals surface area contributed by atoms with Gasteiger partial charge in [-0.2, -0.15) is 15.0 Å². The Labute approximate surface area is 223 Å². The number of fused-ring (bicyclic) bond motifs is 1. The third kappa shape index (κ3) is 5.47. The van der Waals surface area contributed by atoms with Crippen LogP contribution in [0.4, 0.5) is 29.0 Å². The number of H-pyrrole nitrogens is 1. The number of hydrogen-bond donors (Lipinski definition) is 3. The lowest BCUT2D eigenvalue weighted by molar-refractivity contribution is 0.249. The zero-order valence-electron chi connectivity index (χ0n) is 22.5. The van der Waals surface area contributed by atoms with E-state index in [1.54, 1.807) is 20.4 Å². The molecule has 11 heteroatoms. The van der Waals surface area contributed by atoms with Crippen molar-refractivity contribution in [2.45, 2.75) is 18.9 Å². The molecular weight excluding hydrogens is 499 g/mol. The van der Waals surface area contributed by atoms with Crippen molar-refractivity contribution in [1.82, 2.24) is 24.8 Å². The maximum Gasteiger partial charge on any atom is 0.239 e. The predicted molar refractivity (Wildman–Crippen MR) is 156 cm³/mol. The van der Waals surface area contributed by atoms with Crippen LogP contribution in [0.25, 0.3) is 11.0 Å². The van der Waals surface area contributed by atoms with E-state index in [-0.39, 0.29) is 0 Å². The van der Waals surface area contributed by atoms with Crippen LogP contribution in [0.15, 0.2) is 48.7 Å². The topological polar surface area (TPSA) is 111 Å². The van der Waals surface area contributed by atoms with Crippen LogP contribution in [0.5, 0.6) is 5.88 Å². The molecular formula is C27H35N8O2P. The van der Waals surface area contributed by atoms with E-state index in [4.69, 9.17) is 14.7 Å². The van der Waals surface area contributed by atoms with Gasteiger partial charge >= 0.3 is 0 Å². The van der Waals surface area contributed by atoms with Gasteiger partial charge in [-0.3, -0.25) is 0 Å². The number of aromatic nitrogens is 4. The van der Waals surface area contributed by atoms with Gasteiger partial charge in [0.2, 0.25) is 11.8 Å². The highest BCUT2D eigenvalue weighted by Gasteiger charge is 2.23. The van der Waals surface area contributed by atoms with Crippen LogP contribution in [0.2, 0.25) is 0 Å². The zero-order chi connectivity index (χ0) is 26.9. The van der Waals surface area contributed by atoms with Gasteiger partial charge in [-0.05, 0) is 70.6 Å². The van der Waals surface area contributed by atoms with E-state index in [1.807, 2.05) is 48.7 Å². The molecule has 10 nitrogen and oxygen atoms in total. The molecule has 3 N–H and O–H groups in total. The van der Waals surface area contributed by atoms with E-state index in [9.17, 15) is 4.57 Å². The van der Waals surface area contributed by atoms with Crippen molar-refractivity contribution in [2.75, 3.05) is 63.2 Å². The van der Waals surface area contributed by atoms with Crippen LogP contribution < -0.4 is 25.6 Å². The van der Waals surface area contributed by atoms with Gasteiger partial charge in [-0.1, -0.05) is 12.1 Å². The Morgan fingerprint density at radius 3 is 2.47 bits per heavy atom. The van der Waals surface area contributed by atoms with Crippen molar-refractivity contribution in [3.63, 3.8) is 0 Å². The Kier molecular flexibility index (Phi) is 7.27. The normalized spacial score (nSPS) is 14.7. The minimum atomic E-state index is -2.50. The predicted octanol–water partition coefficient (Wildman–Crippen LogP) is 4.63. The molecule has 0 amide bonds. The number of piperidine rings is 1. The summed E-state index contributed by atoms with van der Waals surface area (Å²) in [6.07, 6.45) is 4.03. The van der Waals surface area contributed by atoms with Crippen LogP contribution in [-0.2, 0) is 4.57 Å². The molecule has 3 aromatic heterocycles. The third-order valence-electron chi connectivity index (χ3n) is 6.96. The smallest absolute Gasteiger partial charge is 0.239 e. The SMILES string of the molecule is COc1nc(N2CCC(N(C)C)CC2)ccc1Nc1nc(Nc2ccccc2P(C)(C)=O)c2cc[nH]c2n1. The molecule has 5 rings (SSSR count). The summed E-state index contributed by atoms with van der Waals surface area (Å²) >= 11 is 0. The second kappa shape index (κ2) is 10.6. The number of rotatable bonds is 8. The molecule has 1 fully saturated rings. The summed E-state index contributed by atoms with van der Waals surface area (Å²) in [5.41, 5.74) is 2.10. The van der Waals surface area contributed by atoms with Crippen LogP contribution >= 0.6 is 7.14 Å². The number of nitrogens with zero attached hydrogens (tertiary/aromatic N) is 5. The molecule has 1 aliphatic heterocycles. The van der Waals surface area contributed by atoms with Crippen molar-refractivity contribution in [3.8, 4) is 5.88 Å². The summed E-state index contributed by atoms with van der Waals surface area (Å²) in [7, 11) is 3.39. The Hall–Kier alpha value is -3.62. The fourth-order valence-electron chi connectivity index (χ4n) is 4.86. The highest BCUT2D eigenvalue weighted by atomic mass is 31.2. The van der Waals surface area contributed by atoms with Gasteiger partial charge in [-0.15, -0.1) is 0 Å². The fourth-order valence-corrected chi connectivity index (χ4v) is 6.01. The van der Waals surface area contributed by atoms with E-state index in [2.05, 4.69) is 44.5 Å². The molecule has 1 aromatic carbocycles. The minimum absolute atomic E-state index is 0.385. The number of para-hydroxylation sites is 1. The molecule has 4 aromatic rings. The van der Waals surface area contributed by atoms with Gasteiger partial charge in [0.25, 0.3) is 0 Å². The number of aromatic amines is 1. The molecule has 0 unspecified atom stereocenters. The summed E-state index contributed by atoms with van der Waals surface area (Å²) in [6.45, 7) is 5.44. The highest BCUT2D eigenvalue weighted by Crippen LogP contribution is 2.39. The Morgan fingerprint density at radius 1 is 1.00 bits per heavy atom. The molecule has 0 saturated carbocycles. The van der Waals surface area contributed by atoms with Gasteiger partial charge < -0.3 is 34.7 Å². The standard InChI is InChI=1S/C27H35N8O2P/c1-34(2)18-13-16-35(17-14-18)23-11-10-21(26(31-23)37-3)30-27-32-24-19(12-15-28-24)25(33-27)29-20-8-6-7-9-22(20)38(4,5)36/h6-12,15,18H,13-14,16-17H2,1-5H3,(H3,28,29,30,32,33). The van der Waals surface area contributed by atoms with E-state index in [1.165, 1.54) is 0 Å². The molecule has 200 valence electrons. The molecule has 0 bridgehead atoms. The van der Waals surface area contributed by atoms with Gasteiger partial charge in [0.05, 0.1) is 18.2 Å². The van der Waals surface area contributed by atoms with Crippen molar-refractivity contribution >= 4 is 52.4 Å². The minimum Gasteiger partial charge on any atom is -0.479 e. The molecule has 0 aliphatic carbocycles. The van der Waals surface area contributed by atoms with Gasteiger partial charge in [0.15, 0.2) is 0 Å². The Morgan fingerprint density at radius 2 is 1.76 bits per heavy atom. The molecule has 1 saturated heterocycles. The summed E-state index contributed by atoms with van der Waals surface area (Å²) in [5.74, 6) is 2.36. The molecule has 0 atom stereocenters. The number of hydrogen-bond acceptors (Lipinski definition) is 9. The molecule has 0 spiro atoms. The second-order valence-electron chi connectivity index (χ2n) is 10.2. The highest BCUT2D eigenvalue weighted by molar-refractivity contribution is 7.70. The number of benzene rings is 1. The average molecular weight is 535 g/mol. The third-order valence-corrected chi connectivity index (χ3v) is 8.51. The van der Waals surface area contributed by atoms with Gasteiger partial charge in [0.1, 0.15) is 30.1 Å².